The zero-order valence-electron chi connectivity index (χ0n) is 10.6. The van der Waals surface area contributed by atoms with Crippen molar-refractivity contribution in [3.63, 3.8) is 0 Å². The Hall–Kier alpha value is -2.15. The van der Waals surface area contributed by atoms with Gasteiger partial charge < -0.3 is 11.1 Å². The van der Waals surface area contributed by atoms with E-state index in [4.69, 9.17) is 17.3 Å². The molecule has 0 spiro atoms. The summed E-state index contributed by atoms with van der Waals surface area (Å²) in [6.07, 6.45) is 1.41. The highest BCUT2D eigenvalue weighted by Crippen LogP contribution is 2.27. The average Bonchev–Trinajstić information content (AvgIpc) is 2.37. The molecule has 0 saturated carbocycles. The van der Waals surface area contributed by atoms with Crippen molar-refractivity contribution in [1.29, 1.82) is 0 Å². The average molecular weight is 300 g/mol. The van der Waals surface area contributed by atoms with E-state index in [0.717, 1.165) is 0 Å². The summed E-state index contributed by atoms with van der Waals surface area (Å²) in [5.74, 6) is -0.879. The van der Waals surface area contributed by atoms with Gasteiger partial charge in [-0.3, -0.25) is 19.7 Å². The number of hydrogen-bond acceptors (Lipinski definition) is 4. The standard InChI is InChI=1S/C12H14ClN3O4/c13-11-8(4-3-5-9(11)16(19)20)12(18)15-7-2-1-6-10(14)17/h3-5H,1-2,6-7H2,(H2,14,17)(H,15,18). The van der Waals surface area contributed by atoms with Gasteiger partial charge in [-0.25, -0.2) is 0 Å². The number of nitrogens with zero attached hydrogens (tertiary/aromatic N) is 1. The molecule has 0 aromatic heterocycles. The van der Waals surface area contributed by atoms with Crippen LogP contribution >= 0.6 is 11.6 Å². The molecule has 7 nitrogen and oxygen atoms in total. The van der Waals surface area contributed by atoms with Gasteiger partial charge in [0.05, 0.1) is 10.5 Å². The van der Waals surface area contributed by atoms with Crippen LogP contribution in [0.3, 0.4) is 0 Å². The normalized spacial score (nSPS) is 10.1. The maximum atomic E-state index is 11.8. The summed E-state index contributed by atoms with van der Waals surface area (Å²) in [6.45, 7) is 0.338. The molecule has 1 aromatic carbocycles. The van der Waals surface area contributed by atoms with E-state index in [1.165, 1.54) is 18.2 Å². The second-order valence-corrected chi connectivity index (χ2v) is 4.45. The van der Waals surface area contributed by atoms with Crippen LogP contribution < -0.4 is 11.1 Å². The Kier molecular flexibility index (Phi) is 5.92. The van der Waals surface area contributed by atoms with Gasteiger partial charge in [0.1, 0.15) is 5.02 Å². The Labute approximate surface area is 120 Å². The van der Waals surface area contributed by atoms with E-state index in [2.05, 4.69) is 5.32 Å². The first kappa shape index (κ1) is 15.9. The van der Waals surface area contributed by atoms with Gasteiger partial charge in [-0.15, -0.1) is 0 Å². The number of carbonyl (C=O) groups excluding carboxylic acids is 2. The van der Waals surface area contributed by atoms with Crippen LogP contribution in [-0.2, 0) is 4.79 Å². The third kappa shape index (κ3) is 4.51. The first-order valence-electron chi connectivity index (χ1n) is 5.93. The van der Waals surface area contributed by atoms with Crippen molar-refractivity contribution in [3.8, 4) is 0 Å². The van der Waals surface area contributed by atoms with Crippen LogP contribution in [0.2, 0.25) is 5.02 Å². The highest BCUT2D eigenvalue weighted by Gasteiger charge is 2.19. The van der Waals surface area contributed by atoms with E-state index in [9.17, 15) is 19.7 Å². The number of unbranched alkanes of at least 4 members (excludes halogenated alkanes) is 1. The second kappa shape index (κ2) is 7.44. The summed E-state index contributed by atoms with van der Waals surface area (Å²) in [7, 11) is 0. The molecular formula is C12H14ClN3O4. The number of nitrogens with two attached hydrogens (primary N) is 1. The van der Waals surface area contributed by atoms with Crippen LogP contribution in [0.5, 0.6) is 0 Å². The quantitative estimate of drug-likeness (QED) is 0.452. The zero-order chi connectivity index (χ0) is 15.1. The first-order chi connectivity index (χ1) is 9.43. The van der Waals surface area contributed by atoms with Gasteiger partial charge in [-0.1, -0.05) is 17.7 Å². The molecule has 3 N–H and O–H groups in total. The third-order valence-corrected chi connectivity index (χ3v) is 2.95. The van der Waals surface area contributed by atoms with Crippen molar-refractivity contribution in [1.82, 2.24) is 5.32 Å². The molecule has 1 rings (SSSR count). The van der Waals surface area contributed by atoms with Gasteiger partial charge in [-0.05, 0) is 18.9 Å². The van der Waals surface area contributed by atoms with Crippen LogP contribution in [-0.4, -0.2) is 23.3 Å². The number of halogens is 1. The van der Waals surface area contributed by atoms with Gasteiger partial charge in [0, 0.05) is 19.0 Å². The lowest BCUT2D eigenvalue weighted by Gasteiger charge is -2.06. The lowest BCUT2D eigenvalue weighted by molar-refractivity contribution is -0.384. The summed E-state index contributed by atoms with van der Waals surface area (Å²) < 4.78 is 0. The Morgan fingerprint density at radius 2 is 2.05 bits per heavy atom. The molecule has 1 aromatic rings. The van der Waals surface area contributed by atoms with Crippen molar-refractivity contribution in [3.05, 3.63) is 38.9 Å². The van der Waals surface area contributed by atoms with Gasteiger partial charge >= 0.3 is 0 Å². The fourth-order valence-electron chi connectivity index (χ4n) is 1.56. The molecule has 0 bridgehead atoms. The van der Waals surface area contributed by atoms with Crippen LogP contribution in [0, 0.1) is 10.1 Å². The molecule has 0 heterocycles. The minimum atomic E-state index is -0.647. The number of benzene rings is 1. The lowest BCUT2D eigenvalue weighted by atomic mass is 10.1. The van der Waals surface area contributed by atoms with Crippen molar-refractivity contribution >= 4 is 29.1 Å². The summed E-state index contributed by atoms with van der Waals surface area (Å²) in [4.78, 5) is 32.4. The van der Waals surface area contributed by atoms with Crippen LogP contribution in [0.15, 0.2) is 18.2 Å². The predicted octanol–water partition coefficient (Wildman–Crippen LogP) is 1.63. The molecule has 0 unspecified atom stereocenters. The molecule has 0 aliphatic heterocycles. The number of rotatable bonds is 7. The molecule has 108 valence electrons. The Morgan fingerprint density at radius 3 is 2.65 bits per heavy atom. The van der Waals surface area contributed by atoms with Crippen molar-refractivity contribution in [2.75, 3.05) is 6.54 Å². The number of hydrogen-bond donors (Lipinski definition) is 2. The second-order valence-electron chi connectivity index (χ2n) is 4.08. The number of carbonyl (C=O) groups is 2. The van der Waals surface area contributed by atoms with Crippen molar-refractivity contribution in [2.45, 2.75) is 19.3 Å². The Bertz CT molecular complexity index is 533. The molecule has 0 aliphatic carbocycles. The molecule has 8 heteroatoms. The van der Waals surface area contributed by atoms with Crippen LogP contribution in [0.4, 0.5) is 5.69 Å². The van der Waals surface area contributed by atoms with Gasteiger partial charge in [0.15, 0.2) is 0 Å². The fraction of sp³-hybridized carbons (Fsp3) is 0.333. The molecule has 0 radical (unpaired) electrons. The molecule has 0 fully saturated rings. The molecular weight excluding hydrogens is 286 g/mol. The summed E-state index contributed by atoms with van der Waals surface area (Å²) in [6, 6.07) is 4.03. The smallest absolute Gasteiger partial charge is 0.288 e. The molecule has 0 aliphatic rings. The topological polar surface area (TPSA) is 115 Å². The van der Waals surface area contributed by atoms with E-state index < -0.39 is 16.7 Å². The van der Waals surface area contributed by atoms with Crippen LogP contribution in [0.25, 0.3) is 0 Å². The van der Waals surface area contributed by atoms with Crippen molar-refractivity contribution < 1.29 is 14.5 Å². The SMILES string of the molecule is NC(=O)CCCCNC(=O)c1cccc([N+](=O)[O-])c1Cl. The monoisotopic (exact) mass is 299 g/mol. The van der Waals surface area contributed by atoms with E-state index in [1.807, 2.05) is 0 Å². The zero-order valence-corrected chi connectivity index (χ0v) is 11.4. The predicted molar refractivity (Wildman–Crippen MR) is 73.5 cm³/mol. The van der Waals surface area contributed by atoms with Gasteiger partial charge in [0.2, 0.25) is 5.91 Å². The molecule has 0 atom stereocenters. The fourth-order valence-corrected chi connectivity index (χ4v) is 1.84. The van der Waals surface area contributed by atoms with Crippen LogP contribution in [0.1, 0.15) is 29.6 Å². The maximum absolute atomic E-state index is 11.8. The Balaban J connectivity index is 2.58. The highest BCUT2D eigenvalue weighted by atomic mass is 35.5. The summed E-state index contributed by atoms with van der Waals surface area (Å²) in [5.41, 5.74) is 4.72. The first-order valence-corrected chi connectivity index (χ1v) is 6.30. The maximum Gasteiger partial charge on any atom is 0.288 e. The largest absolute Gasteiger partial charge is 0.370 e. The molecule has 0 saturated heterocycles. The number of nitro benzene ring substituents is 1. The third-order valence-electron chi connectivity index (χ3n) is 2.56. The van der Waals surface area contributed by atoms with Gasteiger partial charge in [-0.2, -0.15) is 0 Å². The Morgan fingerprint density at radius 1 is 1.35 bits per heavy atom. The molecule has 2 amide bonds. The minimum Gasteiger partial charge on any atom is -0.370 e. The number of nitrogens with one attached hydrogen (secondary N) is 1. The highest BCUT2D eigenvalue weighted by molar-refractivity contribution is 6.35. The van der Waals surface area contributed by atoms with E-state index in [-0.39, 0.29) is 22.7 Å². The molecule has 20 heavy (non-hydrogen) atoms. The van der Waals surface area contributed by atoms with Crippen molar-refractivity contribution in [2.24, 2.45) is 5.73 Å². The van der Waals surface area contributed by atoms with E-state index in [1.54, 1.807) is 0 Å². The minimum absolute atomic E-state index is 0.0516. The summed E-state index contributed by atoms with van der Waals surface area (Å²) >= 11 is 5.82. The lowest BCUT2D eigenvalue weighted by Crippen LogP contribution is -2.25. The van der Waals surface area contributed by atoms with E-state index in [0.29, 0.717) is 19.4 Å². The summed E-state index contributed by atoms with van der Waals surface area (Å²) in [5, 5.41) is 13.1. The number of nitro groups is 1. The van der Waals surface area contributed by atoms with E-state index >= 15 is 0 Å². The number of primary amides is 1. The number of amides is 2. The van der Waals surface area contributed by atoms with Gasteiger partial charge in [0.25, 0.3) is 11.6 Å².